The fourth-order valence-electron chi connectivity index (χ4n) is 2.96. The van der Waals surface area contributed by atoms with Crippen molar-refractivity contribution in [2.24, 2.45) is 5.92 Å². The lowest BCUT2D eigenvalue weighted by Gasteiger charge is -2.33. The summed E-state index contributed by atoms with van der Waals surface area (Å²) in [7, 11) is -3.77. The minimum absolute atomic E-state index is 0.0146. The zero-order valence-corrected chi connectivity index (χ0v) is 18.7. The lowest BCUT2D eigenvalue weighted by atomic mass is 10.1. The molecule has 0 saturated carbocycles. The number of nitrogens with zero attached hydrogens (tertiary/aromatic N) is 3. The molecule has 0 radical (unpaired) electrons. The highest BCUT2D eigenvalue weighted by Gasteiger charge is 2.32. The Bertz CT molecular complexity index is 968. The fraction of sp³-hybridized carbons (Fsp3) is 0.444. The molecule has 0 bridgehead atoms. The molecule has 28 heavy (non-hydrogen) atoms. The van der Waals surface area contributed by atoms with E-state index in [0.717, 1.165) is 11.4 Å². The molecule has 0 spiro atoms. The van der Waals surface area contributed by atoms with Gasteiger partial charge in [0.05, 0.1) is 10.0 Å². The monoisotopic (exact) mass is 461 g/mol. The van der Waals surface area contributed by atoms with Gasteiger partial charge >= 0.3 is 0 Å². The van der Waals surface area contributed by atoms with Crippen LogP contribution in [0, 0.1) is 5.92 Å². The molecule has 10 heteroatoms. The van der Waals surface area contributed by atoms with Crippen molar-refractivity contribution in [1.82, 2.24) is 14.2 Å². The second kappa shape index (κ2) is 8.67. The summed E-state index contributed by atoms with van der Waals surface area (Å²) in [6.45, 7) is 5.20. The summed E-state index contributed by atoms with van der Waals surface area (Å²) in [5, 5.41) is 3.14. The number of amides is 1. The molecule has 0 aliphatic carbocycles. The third-order valence-electron chi connectivity index (χ3n) is 4.39. The van der Waals surface area contributed by atoms with Crippen molar-refractivity contribution in [3.05, 3.63) is 44.3 Å². The van der Waals surface area contributed by atoms with Gasteiger partial charge in [-0.1, -0.05) is 37.0 Å². The molecule has 1 aliphatic heterocycles. The predicted octanol–water partition coefficient (Wildman–Crippen LogP) is 3.80. The molecule has 2 aromatic rings. The molecule has 2 heterocycles. The van der Waals surface area contributed by atoms with Gasteiger partial charge in [0.15, 0.2) is 0 Å². The van der Waals surface area contributed by atoms with Crippen LogP contribution in [0.5, 0.6) is 0 Å². The summed E-state index contributed by atoms with van der Waals surface area (Å²) < 4.78 is 27.1. The molecule has 1 saturated heterocycles. The van der Waals surface area contributed by atoms with Crippen molar-refractivity contribution in [1.29, 1.82) is 0 Å². The average Bonchev–Trinajstić information content (AvgIpc) is 3.10. The summed E-state index contributed by atoms with van der Waals surface area (Å²) in [6, 6.07) is 4.36. The minimum Gasteiger partial charge on any atom is -0.335 e. The minimum atomic E-state index is -3.77. The highest BCUT2D eigenvalue weighted by atomic mass is 35.5. The second-order valence-corrected chi connectivity index (χ2v) is 10.7. The van der Waals surface area contributed by atoms with Gasteiger partial charge in [-0.2, -0.15) is 4.31 Å². The molecule has 6 nitrogen and oxygen atoms in total. The van der Waals surface area contributed by atoms with Crippen LogP contribution in [-0.2, 0) is 16.4 Å². The smallest absolute Gasteiger partial charge is 0.273 e. The van der Waals surface area contributed by atoms with Crippen molar-refractivity contribution in [2.75, 3.05) is 26.2 Å². The number of rotatable bonds is 5. The number of halogens is 2. The lowest BCUT2D eigenvalue weighted by molar-refractivity contribution is 0.0692. The van der Waals surface area contributed by atoms with E-state index < -0.39 is 10.0 Å². The summed E-state index contributed by atoms with van der Waals surface area (Å²) in [6.07, 6.45) is 0.838. The van der Waals surface area contributed by atoms with E-state index in [9.17, 15) is 13.2 Å². The first-order valence-electron chi connectivity index (χ1n) is 8.87. The number of hydrogen-bond donors (Lipinski definition) is 0. The molecule has 1 aromatic carbocycles. The molecule has 0 atom stereocenters. The summed E-state index contributed by atoms with van der Waals surface area (Å²) in [5.41, 5.74) is 0.426. The first kappa shape index (κ1) is 21.5. The third-order valence-corrected chi connectivity index (χ3v) is 7.88. The van der Waals surface area contributed by atoms with Crippen LogP contribution >= 0.6 is 34.5 Å². The van der Waals surface area contributed by atoms with Crippen LogP contribution in [0.25, 0.3) is 0 Å². The molecular formula is C18H21Cl2N3O3S2. The van der Waals surface area contributed by atoms with Crippen LogP contribution in [-0.4, -0.2) is 54.7 Å². The molecule has 1 aliphatic rings. The van der Waals surface area contributed by atoms with Crippen molar-refractivity contribution in [3.63, 3.8) is 0 Å². The van der Waals surface area contributed by atoms with Gasteiger partial charge in [-0.3, -0.25) is 4.79 Å². The quantitative estimate of drug-likeness (QED) is 0.678. The lowest BCUT2D eigenvalue weighted by Crippen LogP contribution is -2.50. The highest BCUT2D eigenvalue weighted by molar-refractivity contribution is 7.89. The Morgan fingerprint density at radius 2 is 1.89 bits per heavy atom. The highest BCUT2D eigenvalue weighted by Crippen LogP contribution is 2.28. The number of aromatic nitrogens is 1. The Hall–Kier alpha value is -1.19. The van der Waals surface area contributed by atoms with Crippen molar-refractivity contribution >= 4 is 50.5 Å². The molecule has 3 rings (SSSR count). The van der Waals surface area contributed by atoms with Crippen LogP contribution in [0.4, 0.5) is 0 Å². The van der Waals surface area contributed by atoms with Crippen LogP contribution in [0.15, 0.2) is 28.5 Å². The van der Waals surface area contributed by atoms with E-state index in [-0.39, 0.29) is 28.9 Å². The second-order valence-electron chi connectivity index (χ2n) is 7.00. The Morgan fingerprint density at radius 1 is 1.21 bits per heavy atom. The maximum atomic E-state index is 12.9. The van der Waals surface area contributed by atoms with Gasteiger partial charge in [0.1, 0.15) is 10.6 Å². The van der Waals surface area contributed by atoms with E-state index in [4.69, 9.17) is 23.2 Å². The number of carbonyl (C=O) groups excluding carboxylic acids is 1. The van der Waals surface area contributed by atoms with Gasteiger partial charge in [0, 0.05) is 43.0 Å². The molecule has 1 fully saturated rings. The van der Waals surface area contributed by atoms with E-state index >= 15 is 0 Å². The van der Waals surface area contributed by atoms with E-state index in [1.807, 2.05) is 0 Å². The van der Waals surface area contributed by atoms with E-state index in [0.29, 0.717) is 29.7 Å². The Balaban J connectivity index is 1.67. The summed E-state index contributed by atoms with van der Waals surface area (Å²) in [5.74, 6) is 0.310. The number of thiazole rings is 1. The molecular weight excluding hydrogens is 441 g/mol. The van der Waals surface area contributed by atoms with Crippen molar-refractivity contribution in [3.8, 4) is 0 Å². The van der Waals surface area contributed by atoms with Crippen LogP contribution in [0.2, 0.25) is 10.0 Å². The molecule has 152 valence electrons. The molecule has 0 unspecified atom stereocenters. The SMILES string of the molecule is CC(C)Cc1nc(C(=O)N2CCN(S(=O)(=O)c3cc(Cl)ccc3Cl)CC2)cs1. The number of hydrogen-bond acceptors (Lipinski definition) is 5. The Labute approximate surface area is 179 Å². The number of benzene rings is 1. The third kappa shape index (κ3) is 4.68. The van der Waals surface area contributed by atoms with Crippen molar-refractivity contribution < 1.29 is 13.2 Å². The molecule has 1 amide bonds. The van der Waals surface area contributed by atoms with Gasteiger partial charge in [-0.15, -0.1) is 11.3 Å². The van der Waals surface area contributed by atoms with Crippen molar-refractivity contribution in [2.45, 2.75) is 25.2 Å². The normalized spacial score (nSPS) is 16.0. The van der Waals surface area contributed by atoms with Gasteiger partial charge in [-0.25, -0.2) is 13.4 Å². The topological polar surface area (TPSA) is 70.6 Å². The first-order chi connectivity index (χ1) is 13.2. The average molecular weight is 462 g/mol. The fourth-order valence-corrected chi connectivity index (χ4v) is 6.10. The zero-order valence-electron chi connectivity index (χ0n) is 15.6. The standard InChI is InChI=1S/C18H21Cl2N3O3S2/c1-12(2)9-17-21-15(11-27-17)18(24)22-5-7-23(8-6-22)28(25,26)16-10-13(19)3-4-14(16)20/h3-4,10-12H,5-9H2,1-2H3. The van der Waals surface area contributed by atoms with E-state index in [1.165, 1.54) is 27.8 Å². The first-order valence-corrected chi connectivity index (χ1v) is 11.9. The van der Waals surface area contributed by atoms with Gasteiger partial charge in [0.2, 0.25) is 10.0 Å². The zero-order chi connectivity index (χ0) is 20.5. The maximum absolute atomic E-state index is 12.9. The van der Waals surface area contributed by atoms with E-state index in [2.05, 4.69) is 18.8 Å². The molecule has 0 N–H and O–H groups in total. The predicted molar refractivity (Wildman–Crippen MR) is 112 cm³/mol. The number of sulfonamides is 1. The summed E-state index contributed by atoms with van der Waals surface area (Å²) >= 11 is 13.5. The number of carbonyl (C=O) groups is 1. The van der Waals surface area contributed by atoms with Crippen LogP contribution < -0.4 is 0 Å². The van der Waals surface area contributed by atoms with Crippen LogP contribution in [0.3, 0.4) is 0 Å². The Morgan fingerprint density at radius 3 is 2.54 bits per heavy atom. The number of piperazine rings is 1. The Kier molecular flexibility index (Phi) is 6.66. The largest absolute Gasteiger partial charge is 0.335 e. The summed E-state index contributed by atoms with van der Waals surface area (Å²) in [4.78, 5) is 18.7. The molecule has 1 aromatic heterocycles. The van der Waals surface area contributed by atoms with E-state index in [1.54, 1.807) is 16.3 Å². The van der Waals surface area contributed by atoms with Gasteiger partial charge in [-0.05, 0) is 24.1 Å². The van der Waals surface area contributed by atoms with Crippen LogP contribution in [0.1, 0.15) is 29.3 Å². The maximum Gasteiger partial charge on any atom is 0.273 e. The van der Waals surface area contributed by atoms with Gasteiger partial charge in [0.25, 0.3) is 5.91 Å². The van der Waals surface area contributed by atoms with Gasteiger partial charge < -0.3 is 4.90 Å².